The van der Waals surface area contributed by atoms with Gasteiger partial charge in [-0.3, -0.25) is 0 Å². The summed E-state index contributed by atoms with van der Waals surface area (Å²) in [6, 6.07) is 8.59. The number of aryl methyl sites for hydroxylation is 1. The Morgan fingerprint density at radius 3 is 3.06 bits per heavy atom. The average molecular weight is 216 g/mol. The Labute approximate surface area is 94.8 Å². The maximum absolute atomic E-state index is 6.13. The van der Waals surface area contributed by atoms with E-state index in [0.29, 0.717) is 0 Å². The highest BCUT2D eigenvalue weighted by atomic mass is 16.5. The van der Waals surface area contributed by atoms with Crippen LogP contribution in [0.3, 0.4) is 0 Å². The molecule has 0 saturated heterocycles. The molecule has 0 aliphatic carbocycles. The number of fused-ring (bicyclic) bond motifs is 3. The lowest BCUT2D eigenvalue weighted by atomic mass is 10.1. The van der Waals surface area contributed by atoms with E-state index in [2.05, 4.69) is 22.8 Å². The number of rotatable bonds is 1. The van der Waals surface area contributed by atoms with Gasteiger partial charge in [0.15, 0.2) is 0 Å². The van der Waals surface area contributed by atoms with Gasteiger partial charge in [-0.1, -0.05) is 0 Å². The van der Waals surface area contributed by atoms with E-state index in [1.165, 1.54) is 23.0 Å². The molecule has 0 bridgehead atoms. The van der Waals surface area contributed by atoms with Crippen LogP contribution in [0.1, 0.15) is 24.6 Å². The highest BCUT2D eigenvalue weighted by molar-refractivity contribution is 5.83. The molecule has 0 spiro atoms. The largest absolute Gasteiger partial charge is 0.497 e. The fourth-order valence-corrected chi connectivity index (χ4v) is 2.57. The molecule has 3 heteroatoms. The summed E-state index contributed by atoms with van der Waals surface area (Å²) in [5, 5.41) is 1.23. The second kappa shape index (κ2) is 3.52. The minimum Gasteiger partial charge on any atom is -0.497 e. The van der Waals surface area contributed by atoms with Gasteiger partial charge in [-0.05, 0) is 37.1 Å². The highest BCUT2D eigenvalue weighted by Crippen LogP contribution is 2.31. The monoisotopic (exact) mass is 216 g/mol. The third kappa shape index (κ3) is 1.32. The molecule has 1 unspecified atom stereocenters. The smallest absolute Gasteiger partial charge is 0.119 e. The molecule has 0 radical (unpaired) electrons. The summed E-state index contributed by atoms with van der Waals surface area (Å²) in [7, 11) is 1.70. The minimum atomic E-state index is 0.187. The van der Waals surface area contributed by atoms with Gasteiger partial charge in [0, 0.05) is 29.2 Å². The molecule has 1 atom stereocenters. The SMILES string of the molecule is COc1ccc2c(c1)cc1n2CCCC1N. The molecule has 1 aliphatic heterocycles. The third-order valence-electron chi connectivity index (χ3n) is 3.42. The molecule has 3 nitrogen and oxygen atoms in total. The van der Waals surface area contributed by atoms with Crippen LogP contribution in [0, 0.1) is 0 Å². The first-order valence-corrected chi connectivity index (χ1v) is 5.72. The molecule has 84 valence electrons. The Kier molecular flexibility index (Phi) is 2.14. The van der Waals surface area contributed by atoms with Crippen molar-refractivity contribution in [2.24, 2.45) is 5.73 Å². The van der Waals surface area contributed by atoms with E-state index in [-0.39, 0.29) is 6.04 Å². The second-order valence-electron chi connectivity index (χ2n) is 4.39. The van der Waals surface area contributed by atoms with E-state index < -0.39 is 0 Å². The average Bonchev–Trinajstić information content (AvgIpc) is 2.68. The zero-order valence-electron chi connectivity index (χ0n) is 9.44. The Morgan fingerprint density at radius 1 is 1.38 bits per heavy atom. The van der Waals surface area contributed by atoms with Crippen molar-refractivity contribution in [2.45, 2.75) is 25.4 Å². The predicted octanol–water partition coefficient (Wildman–Crippen LogP) is 2.44. The fourth-order valence-electron chi connectivity index (χ4n) is 2.57. The van der Waals surface area contributed by atoms with Crippen molar-refractivity contribution in [2.75, 3.05) is 7.11 Å². The molecule has 1 aromatic heterocycles. The molecule has 0 saturated carbocycles. The maximum Gasteiger partial charge on any atom is 0.119 e. The summed E-state index contributed by atoms with van der Waals surface area (Å²) >= 11 is 0. The Balaban J connectivity index is 2.23. The van der Waals surface area contributed by atoms with Gasteiger partial charge in [0.05, 0.1) is 7.11 Å². The van der Waals surface area contributed by atoms with Crippen LogP contribution >= 0.6 is 0 Å². The lowest BCUT2D eigenvalue weighted by Crippen LogP contribution is -2.20. The molecular formula is C13H16N2O. The van der Waals surface area contributed by atoms with E-state index >= 15 is 0 Å². The molecule has 2 N–H and O–H groups in total. The number of ether oxygens (including phenoxy) is 1. The van der Waals surface area contributed by atoms with Crippen molar-refractivity contribution >= 4 is 10.9 Å². The van der Waals surface area contributed by atoms with Crippen LogP contribution in [0.15, 0.2) is 24.3 Å². The number of hydrogen-bond acceptors (Lipinski definition) is 2. The number of nitrogens with two attached hydrogens (primary N) is 1. The number of aromatic nitrogens is 1. The summed E-state index contributed by atoms with van der Waals surface area (Å²) in [6.45, 7) is 1.08. The molecule has 16 heavy (non-hydrogen) atoms. The molecule has 3 rings (SSSR count). The van der Waals surface area contributed by atoms with Crippen LogP contribution in [0.25, 0.3) is 10.9 Å². The molecule has 2 heterocycles. The van der Waals surface area contributed by atoms with Crippen LogP contribution in [0.2, 0.25) is 0 Å². The van der Waals surface area contributed by atoms with E-state index in [1.54, 1.807) is 7.11 Å². The van der Waals surface area contributed by atoms with Crippen LogP contribution in [-0.4, -0.2) is 11.7 Å². The molecular weight excluding hydrogens is 200 g/mol. The van der Waals surface area contributed by atoms with Crippen LogP contribution in [-0.2, 0) is 6.54 Å². The number of benzene rings is 1. The topological polar surface area (TPSA) is 40.2 Å². The fraction of sp³-hybridized carbons (Fsp3) is 0.385. The van der Waals surface area contributed by atoms with Gasteiger partial charge in [-0.15, -0.1) is 0 Å². The van der Waals surface area contributed by atoms with Gasteiger partial charge in [0.2, 0.25) is 0 Å². The third-order valence-corrected chi connectivity index (χ3v) is 3.42. The van der Waals surface area contributed by atoms with Gasteiger partial charge >= 0.3 is 0 Å². The number of methoxy groups -OCH3 is 1. The lowest BCUT2D eigenvalue weighted by Gasteiger charge is -2.21. The molecule has 0 amide bonds. The summed E-state index contributed by atoms with van der Waals surface area (Å²) in [6.07, 6.45) is 2.26. The van der Waals surface area contributed by atoms with Gasteiger partial charge in [0.25, 0.3) is 0 Å². The highest BCUT2D eigenvalue weighted by Gasteiger charge is 2.19. The van der Waals surface area contributed by atoms with Crippen LogP contribution in [0.5, 0.6) is 5.75 Å². The lowest BCUT2D eigenvalue weighted by molar-refractivity contribution is 0.415. The van der Waals surface area contributed by atoms with E-state index in [1.807, 2.05) is 6.07 Å². The summed E-state index contributed by atoms with van der Waals surface area (Å²) in [4.78, 5) is 0. The van der Waals surface area contributed by atoms with E-state index in [9.17, 15) is 0 Å². The van der Waals surface area contributed by atoms with Crippen molar-refractivity contribution in [3.05, 3.63) is 30.0 Å². The Morgan fingerprint density at radius 2 is 2.25 bits per heavy atom. The predicted molar refractivity (Wildman–Crippen MR) is 64.7 cm³/mol. The first-order chi connectivity index (χ1) is 7.79. The van der Waals surface area contributed by atoms with Crippen molar-refractivity contribution in [3.63, 3.8) is 0 Å². The van der Waals surface area contributed by atoms with Gasteiger partial charge in [-0.25, -0.2) is 0 Å². The zero-order chi connectivity index (χ0) is 11.1. The minimum absolute atomic E-state index is 0.187. The van der Waals surface area contributed by atoms with Crippen molar-refractivity contribution in [1.29, 1.82) is 0 Å². The quantitative estimate of drug-likeness (QED) is 0.795. The van der Waals surface area contributed by atoms with Crippen molar-refractivity contribution in [3.8, 4) is 5.75 Å². The van der Waals surface area contributed by atoms with Crippen LogP contribution in [0.4, 0.5) is 0 Å². The van der Waals surface area contributed by atoms with Gasteiger partial charge < -0.3 is 15.0 Å². The van der Waals surface area contributed by atoms with E-state index in [0.717, 1.165) is 18.7 Å². The normalized spacial score (nSPS) is 19.8. The van der Waals surface area contributed by atoms with E-state index in [4.69, 9.17) is 10.5 Å². The Hall–Kier alpha value is -1.48. The summed E-state index contributed by atoms with van der Waals surface area (Å²) in [5.74, 6) is 0.906. The second-order valence-corrected chi connectivity index (χ2v) is 4.39. The molecule has 1 aromatic carbocycles. The van der Waals surface area contributed by atoms with Gasteiger partial charge in [-0.2, -0.15) is 0 Å². The Bertz CT molecular complexity index is 530. The summed E-state index contributed by atoms with van der Waals surface area (Å²) in [5.41, 5.74) is 8.66. The molecule has 1 aliphatic rings. The van der Waals surface area contributed by atoms with Crippen molar-refractivity contribution < 1.29 is 4.74 Å². The first kappa shape index (κ1) is 9.73. The molecule has 2 aromatic rings. The number of nitrogens with zero attached hydrogens (tertiary/aromatic N) is 1. The van der Waals surface area contributed by atoms with Gasteiger partial charge in [0.1, 0.15) is 5.75 Å². The molecule has 0 fully saturated rings. The first-order valence-electron chi connectivity index (χ1n) is 5.72. The van der Waals surface area contributed by atoms with Crippen LogP contribution < -0.4 is 10.5 Å². The summed E-state index contributed by atoms with van der Waals surface area (Å²) < 4.78 is 7.58. The van der Waals surface area contributed by atoms with Crippen molar-refractivity contribution in [1.82, 2.24) is 4.57 Å². The number of hydrogen-bond donors (Lipinski definition) is 1. The standard InChI is InChI=1S/C13H16N2O/c1-16-10-4-5-12-9(7-10)8-13-11(14)3-2-6-15(12)13/h4-5,7-8,11H,2-3,6,14H2,1H3. The maximum atomic E-state index is 6.13. The zero-order valence-corrected chi connectivity index (χ0v) is 9.44.